The van der Waals surface area contributed by atoms with Crippen LogP contribution in [0.3, 0.4) is 0 Å². The van der Waals surface area contributed by atoms with Crippen LogP contribution >= 0.6 is 12.4 Å². The quantitative estimate of drug-likeness (QED) is 0.877. The zero-order valence-electron chi connectivity index (χ0n) is 13.2. The van der Waals surface area contributed by atoms with Crippen LogP contribution < -0.4 is 10.6 Å². The number of hydrogen-bond acceptors (Lipinski definition) is 2. The third-order valence-corrected chi connectivity index (χ3v) is 3.91. The molecule has 2 N–H and O–H groups in total. The molecule has 2 rings (SSSR count). The van der Waals surface area contributed by atoms with Gasteiger partial charge in [-0.1, -0.05) is 38.1 Å². The van der Waals surface area contributed by atoms with E-state index in [1.165, 1.54) is 11.1 Å². The molecule has 118 valence electrons. The molecule has 0 spiro atoms. The minimum Gasteiger partial charge on any atom is -0.349 e. The first-order chi connectivity index (χ1) is 9.56. The average molecular weight is 311 g/mol. The van der Waals surface area contributed by atoms with Crippen molar-refractivity contribution in [2.75, 3.05) is 13.1 Å². The van der Waals surface area contributed by atoms with Gasteiger partial charge in [0.05, 0.1) is 12.0 Å². The molecule has 3 nitrogen and oxygen atoms in total. The second kappa shape index (κ2) is 8.40. The zero-order chi connectivity index (χ0) is 14.5. The highest BCUT2D eigenvalue weighted by Crippen LogP contribution is 2.17. The normalized spacial score (nSPS) is 19.1. The van der Waals surface area contributed by atoms with Crippen LogP contribution in [0, 0.1) is 11.8 Å². The van der Waals surface area contributed by atoms with Gasteiger partial charge in [0, 0.05) is 6.54 Å². The molecular formula is C17H27ClN2O. The van der Waals surface area contributed by atoms with Crippen molar-refractivity contribution < 1.29 is 4.79 Å². The Bertz CT molecular complexity index is 439. The van der Waals surface area contributed by atoms with E-state index in [0.29, 0.717) is 5.92 Å². The van der Waals surface area contributed by atoms with Crippen LogP contribution in [-0.4, -0.2) is 19.0 Å². The van der Waals surface area contributed by atoms with Crippen LogP contribution in [0.1, 0.15) is 44.4 Å². The van der Waals surface area contributed by atoms with Crippen LogP contribution in [0.5, 0.6) is 0 Å². The van der Waals surface area contributed by atoms with Crippen molar-refractivity contribution in [3.63, 3.8) is 0 Å². The Labute approximate surface area is 134 Å². The molecule has 1 aliphatic heterocycles. The maximum absolute atomic E-state index is 12.1. The van der Waals surface area contributed by atoms with E-state index < -0.39 is 0 Å². The summed E-state index contributed by atoms with van der Waals surface area (Å²) in [5.41, 5.74) is 2.54. The van der Waals surface area contributed by atoms with Gasteiger partial charge in [-0.25, -0.2) is 0 Å². The van der Waals surface area contributed by atoms with E-state index in [-0.39, 0.29) is 30.3 Å². The van der Waals surface area contributed by atoms with Crippen LogP contribution in [0.15, 0.2) is 24.3 Å². The topological polar surface area (TPSA) is 41.1 Å². The van der Waals surface area contributed by atoms with Gasteiger partial charge >= 0.3 is 0 Å². The van der Waals surface area contributed by atoms with Gasteiger partial charge in [-0.2, -0.15) is 0 Å². The number of amides is 1. The van der Waals surface area contributed by atoms with Crippen molar-refractivity contribution in [3.05, 3.63) is 35.4 Å². The number of benzene rings is 1. The average Bonchev–Trinajstić information content (AvgIpc) is 2.92. The number of carbonyl (C=O) groups is 1. The van der Waals surface area contributed by atoms with E-state index in [9.17, 15) is 4.79 Å². The van der Waals surface area contributed by atoms with Gasteiger partial charge in [-0.05, 0) is 43.4 Å². The van der Waals surface area contributed by atoms with Crippen molar-refractivity contribution in [2.24, 2.45) is 11.8 Å². The Morgan fingerprint density at radius 1 is 1.29 bits per heavy atom. The lowest BCUT2D eigenvalue weighted by atomic mass is 9.99. The number of nitrogens with one attached hydrogen (secondary N) is 2. The van der Waals surface area contributed by atoms with E-state index in [1.54, 1.807) is 0 Å². The van der Waals surface area contributed by atoms with Gasteiger partial charge in [0.1, 0.15) is 0 Å². The van der Waals surface area contributed by atoms with Crippen LogP contribution in [0.2, 0.25) is 0 Å². The molecule has 1 aliphatic rings. The van der Waals surface area contributed by atoms with Crippen LogP contribution in [-0.2, 0) is 11.2 Å². The van der Waals surface area contributed by atoms with Crippen molar-refractivity contribution in [3.8, 4) is 0 Å². The van der Waals surface area contributed by atoms with E-state index in [4.69, 9.17) is 0 Å². The largest absolute Gasteiger partial charge is 0.349 e. The van der Waals surface area contributed by atoms with Crippen molar-refractivity contribution in [2.45, 2.75) is 39.7 Å². The highest BCUT2D eigenvalue weighted by Gasteiger charge is 2.23. The van der Waals surface area contributed by atoms with Gasteiger partial charge in [0.2, 0.25) is 5.91 Å². The fourth-order valence-electron chi connectivity index (χ4n) is 2.71. The SMILES string of the molecule is CC(C)Cc1ccc(C(C)NC(=O)C2CCNC2)cc1.Cl. The first kappa shape index (κ1) is 18.0. The minimum atomic E-state index is 0. The predicted octanol–water partition coefficient (Wildman–Crippen LogP) is 3.09. The highest BCUT2D eigenvalue weighted by molar-refractivity contribution is 5.85. The molecule has 0 saturated carbocycles. The molecule has 1 aromatic carbocycles. The molecule has 0 aliphatic carbocycles. The van der Waals surface area contributed by atoms with Gasteiger partial charge in [0.25, 0.3) is 0 Å². The van der Waals surface area contributed by atoms with Crippen molar-refractivity contribution >= 4 is 18.3 Å². The number of rotatable bonds is 5. The summed E-state index contributed by atoms with van der Waals surface area (Å²) < 4.78 is 0. The Morgan fingerprint density at radius 3 is 2.48 bits per heavy atom. The third kappa shape index (κ3) is 5.33. The Balaban J connectivity index is 0.00000220. The van der Waals surface area contributed by atoms with Crippen LogP contribution in [0.4, 0.5) is 0 Å². The number of hydrogen-bond donors (Lipinski definition) is 2. The summed E-state index contributed by atoms with van der Waals surface area (Å²) in [6, 6.07) is 8.70. The van der Waals surface area contributed by atoms with Gasteiger partial charge < -0.3 is 10.6 Å². The molecule has 0 aromatic heterocycles. The van der Waals surface area contributed by atoms with Gasteiger partial charge in [-0.15, -0.1) is 12.4 Å². The lowest BCUT2D eigenvalue weighted by molar-refractivity contribution is -0.125. The van der Waals surface area contributed by atoms with Gasteiger partial charge in [-0.3, -0.25) is 4.79 Å². The summed E-state index contributed by atoms with van der Waals surface area (Å²) in [5, 5.41) is 6.35. The second-order valence-corrected chi connectivity index (χ2v) is 6.26. The summed E-state index contributed by atoms with van der Waals surface area (Å²) in [4.78, 5) is 12.1. The Morgan fingerprint density at radius 2 is 1.95 bits per heavy atom. The Hall–Kier alpha value is -1.06. The minimum absolute atomic E-state index is 0. The number of halogens is 1. The molecule has 2 atom stereocenters. The number of carbonyl (C=O) groups excluding carboxylic acids is 1. The summed E-state index contributed by atoms with van der Waals surface area (Å²) in [7, 11) is 0. The monoisotopic (exact) mass is 310 g/mol. The van der Waals surface area contributed by atoms with Gasteiger partial charge in [0.15, 0.2) is 0 Å². The second-order valence-electron chi connectivity index (χ2n) is 6.26. The zero-order valence-corrected chi connectivity index (χ0v) is 14.0. The van der Waals surface area contributed by atoms with E-state index in [1.807, 2.05) is 0 Å². The molecule has 1 saturated heterocycles. The molecule has 1 fully saturated rings. The lowest BCUT2D eigenvalue weighted by Gasteiger charge is -2.17. The maximum Gasteiger partial charge on any atom is 0.224 e. The summed E-state index contributed by atoms with van der Waals surface area (Å²) >= 11 is 0. The summed E-state index contributed by atoms with van der Waals surface area (Å²) in [6.45, 7) is 8.28. The molecule has 1 heterocycles. The molecule has 2 unspecified atom stereocenters. The predicted molar refractivity (Wildman–Crippen MR) is 89.8 cm³/mol. The molecule has 1 aromatic rings. The molecule has 0 radical (unpaired) electrons. The standard InChI is InChI=1S/C17H26N2O.ClH/c1-12(2)10-14-4-6-15(7-5-14)13(3)19-17(20)16-8-9-18-11-16;/h4-7,12-13,16,18H,8-11H2,1-3H3,(H,19,20);1H. The first-order valence-corrected chi connectivity index (χ1v) is 7.66. The summed E-state index contributed by atoms with van der Waals surface area (Å²) in [6.07, 6.45) is 2.06. The molecule has 21 heavy (non-hydrogen) atoms. The fourth-order valence-corrected chi connectivity index (χ4v) is 2.71. The molecular weight excluding hydrogens is 284 g/mol. The molecule has 0 bridgehead atoms. The third-order valence-electron chi connectivity index (χ3n) is 3.91. The smallest absolute Gasteiger partial charge is 0.224 e. The lowest BCUT2D eigenvalue weighted by Crippen LogP contribution is -2.33. The van der Waals surface area contributed by atoms with Crippen LogP contribution in [0.25, 0.3) is 0 Å². The van der Waals surface area contributed by atoms with E-state index >= 15 is 0 Å². The molecule has 4 heteroatoms. The van der Waals surface area contributed by atoms with E-state index in [0.717, 1.165) is 25.9 Å². The summed E-state index contributed by atoms with van der Waals surface area (Å²) in [5.74, 6) is 0.985. The molecule has 1 amide bonds. The van der Waals surface area contributed by atoms with E-state index in [2.05, 4.69) is 55.7 Å². The van der Waals surface area contributed by atoms with Crippen molar-refractivity contribution in [1.29, 1.82) is 0 Å². The van der Waals surface area contributed by atoms with Crippen molar-refractivity contribution in [1.82, 2.24) is 10.6 Å². The fraction of sp³-hybridized carbons (Fsp3) is 0.588. The first-order valence-electron chi connectivity index (χ1n) is 7.66. The Kier molecular flexibility index (Phi) is 7.20. The maximum atomic E-state index is 12.1. The highest BCUT2D eigenvalue weighted by atomic mass is 35.5.